The van der Waals surface area contributed by atoms with Crippen molar-refractivity contribution in [1.82, 2.24) is 4.90 Å². The molecule has 0 spiro atoms. The number of aliphatic hydroxyl groups is 1. The Labute approximate surface area is 136 Å². The van der Waals surface area contributed by atoms with Crippen LogP contribution in [0.25, 0.3) is 5.70 Å². The molecule has 1 aliphatic carbocycles. The molecule has 1 N–H and O–H groups in total. The van der Waals surface area contributed by atoms with Crippen LogP contribution in [0.4, 0.5) is 0 Å². The van der Waals surface area contributed by atoms with Gasteiger partial charge >= 0.3 is 0 Å². The molecule has 1 aromatic rings. The van der Waals surface area contributed by atoms with Crippen molar-refractivity contribution in [2.45, 2.75) is 6.42 Å². The maximum Gasteiger partial charge on any atom is 0.157 e. The van der Waals surface area contributed by atoms with Gasteiger partial charge in [-0.2, -0.15) is 10.5 Å². The number of hydrogen-bond acceptors (Lipinski definition) is 4. The van der Waals surface area contributed by atoms with Crippen molar-refractivity contribution < 1.29 is 5.11 Å². The van der Waals surface area contributed by atoms with E-state index in [0.29, 0.717) is 13.0 Å². The lowest BCUT2D eigenvalue weighted by molar-refractivity contribution is 0.259. The van der Waals surface area contributed by atoms with Crippen molar-refractivity contribution in [1.29, 1.82) is 10.5 Å². The molecule has 23 heavy (non-hydrogen) atoms. The number of benzene rings is 1. The highest BCUT2D eigenvalue weighted by atomic mass is 16.3. The molecule has 116 valence electrons. The summed E-state index contributed by atoms with van der Waals surface area (Å²) in [5.41, 5.74) is 3.98. The van der Waals surface area contributed by atoms with Gasteiger partial charge in [0.2, 0.25) is 0 Å². The third-order valence-electron chi connectivity index (χ3n) is 3.79. The summed E-state index contributed by atoms with van der Waals surface area (Å²) >= 11 is 0. The van der Waals surface area contributed by atoms with Gasteiger partial charge in [0.25, 0.3) is 0 Å². The van der Waals surface area contributed by atoms with E-state index < -0.39 is 5.92 Å². The topological polar surface area (TPSA) is 71.0 Å². The molecule has 0 saturated heterocycles. The summed E-state index contributed by atoms with van der Waals surface area (Å²) in [4.78, 5) is 2.03. The van der Waals surface area contributed by atoms with Crippen LogP contribution in [0, 0.1) is 28.6 Å². The van der Waals surface area contributed by atoms with Crippen molar-refractivity contribution in [3.8, 4) is 12.1 Å². The van der Waals surface area contributed by atoms with E-state index >= 15 is 0 Å². The van der Waals surface area contributed by atoms with E-state index in [1.54, 1.807) is 0 Å². The molecule has 0 aliphatic heterocycles. The van der Waals surface area contributed by atoms with Crippen molar-refractivity contribution >= 4 is 5.70 Å². The lowest BCUT2D eigenvalue weighted by Crippen LogP contribution is -2.22. The molecule has 0 fully saturated rings. The maximum atomic E-state index is 9.24. The first-order valence-corrected chi connectivity index (χ1v) is 7.49. The Morgan fingerprint density at radius 2 is 1.91 bits per heavy atom. The van der Waals surface area contributed by atoms with Crippen molar-refractivity contribution in [3.05, 3.63) is 65.3 Å². The largest absolute Gasteiger partial charge is 0.395 e. The van der Waals surface area contributed by atoms with Gasteiger partial charge in [0.15, 0.2) is 5.92 Å². The van der Waals surface area contributed by atoms with Gasteiger partial charge in [-0.05, 0) is 23.1 Å². The van der Waals surface area contributed by atoms with Gasteiger partial charge in [0.05, 0.1) is 18.7 Å². The van der Waals surface area contributed by atoms with E-state index in [1.807, 2.05) is 72.6 Å². The van der Waals surface area contributed by atoms with Gasteiger partial charge in [0.1, 0.15) is 0 Å². The van der Waals surface area contributed by atoms with Crippen molar-refractivity contribution in [2.75, 3.05) is 20.2 Å². The lowest BCUT2D eigenvalue weighted by Gasteiger charge is -2.26. The monoisotopic (exact) mass is 305 g/mol. The molecule has 4 heteroatoms. The molecular formula is C19H19N3O. The minimum absolute atomic E-state index is 0.0792. The normalized spacial score (nSPS) is 15.6. The van der Waals surface area contributed by atoms with Crippen LogP contribution in [0.5, 0.6) is 0 Å². The summed E-state index contributed by atoms with van der Waals surface area (Å²) in [5, 5.41) is 27.2. The first kappa shape index (κ1) is 16.5. The van der Waals surface area contributed by atoms with Crippen LogP contribution in [-0.2, 0) is 0 Å². The van der Waals surface area contributed by atoms with Gasteiger partial charge in [-0.1, -0.05) is 48.6 Å². The van der Waals surface area contributed by atoms with Crippen LogP contribution in [0.2, 0.25) is 0 Å². The summed E-state index contributed by atoms with van der Waals surface area (Å²) in [7, 11) is 1.95. The number of aliphatic hydroxyl groups excluding tert-OH is 1. The zero-order valence-corrected chi connectivity index (χ0v) is 13.1. The standard InChI is InChI=1S/C19H19N3O/c1-22(11-12-23)19(16-5-3-2-4-6-16)17-9-7-15(8-10-17)18(13-20)14-21/h2-9,18,23H,10-12H2,1H3. The third kappa shape index (κ3) is 3.88. The van der Waals surface area contributed by atoms with E-state index in [0.717, 1.165) is 22.4 Å². The van der Waals surface area contributed by atoms with Crippen molar-refractivity contribution in [2.24, 2.45) is 5.92 Å². The number of nitrogens with zero attached hydrogens (tertiary/aromatic N) is 3. The molecule has 4 nitrogen and oxygen atoms in total. The molecule has 1 aliphatic rings. The summed E-state index contributed by atoms with van der Waals surface area (Å²) in [6, 6.07) is 14.0. The average molecular weight is 305 g/mol. The Morgan fingerprint density at radius 3 is 2.43 bits per heavy atom. The van der Waals surface area contributed by atoms with Gasteiger partial charge < -0.3 is 10.0 Å². The minimum atomic E-state index is -0.719. The van der Waals surface area contributed by atoms with E-state index in [4.69, 9.17) is 10.5 Å². The molecule has 0 aromatic heterocycles. The highest BCUT2D eigenvalue weighted by molar-refractivity contribution is 5.70. The van der Waals surface area contributed by atoms with Crippen LogP contribution in [0.1, 0.15) is 12.0 Å². The SMILES string of the molecule is CN(CCO)C(=C1C=CC(C(C#N)C#N)=CC1)c1ccccc1. The minimum Gasteiger partial charge on any atom is -0.395 e. The first-order chi connectivity index (χ1) is 11.2. The van der Waals surface area contributed by atoms with E-state index in [9.17, 15) is 5.11 Å². The average Bonchev–Trinajstić information content (AvgIpc) is 2.59. The zero-order valence-electron chi connectivity index (χ0n) is 13.1. The Balaban J connectivity index is 2.38. The van der Waals surface area contributed by atoms with Crippen LogP contribution in [0.15, 0.2) is 59.7 Å². The fourth-order valence-corrected chi connectivity index (χ4v) is 2.64. The molecule has 0 heterocycles. The predicted octanol–water partition coefficient (Wildman–Crippen LogP) is 2.87. The van der Waals surface area contributed by atoms with E-state index in [-0.39, 0.29) is 6.61 Å². The van der Waals surface area contributed by atoms with E-state index in [2.05, 4.69) is 0 Å². The van der Waals surface area contributed by atoms with Gasteiger partial charge in [-0.3, -0.25) is 0 Å². The number of allylic oxidation sites excluding steroid dienone is 5. The summed E-state index contributed by atoms with van der Waals surface area (Å²) < 4.78 is 0. The Hall–Kier alpha value is -2.82. The van der Waals surface area contributed by atoms with Gasteiger partial charge in [-0.25, -0.2) is 0 Å². The maximum absolute atomic E-state index is 9.24. The van der Waals surface area contributed by atoms with Gasteiger partial charge in [-0.15, -0.1) is 0 Å². The number of likely N-dealkylation sites (N-methyl/N-ethyl adjacent to an activating group) is 1. The summed E-state index contributed by atoms with van der Waals surface area (Å²) in [6.45, 7) is 0.618. The van der Waals surface area contributed by atoms with Crippen LogP contribution < -0.4 is 0 Å². The van der Waals surface area contributed by atoms with Crippen LogP contribution in [-0.4, -0.2) is 30.2 Å². The molecule has 0 unspecified atom stereocenters. The Morgan fingerprint density at radius 1 is 1.22 bits per heavy atom. The fraction of sp³-hybridized carbons (Fsp3) is 0.263. The van der Waals surface area contributed by atoms with Gasteiger partial charge in [0, 0.05) is 19.3 Å². The second-order valence-corrected chi connectivity index (χ2v) is 5.32. The fourth-order valence-electron chi connectivity index (χ4n) is 2.64. The molecule has 0 saturated carbocycles. The molecule has 0 radical (unpaired) electrons. The first-order valence-electron chi connectivity index (χ1n) is 7.49. The Kier molecular flexibility index (Phi) is 5.74. The third-order valence-corrected chi connectivity index (χ3v) is 3.79. The second kappa shape index (κ2) is 7.98. The predicted molar refractivity (Wildman–Crippen MR) is 89.6 cm³/mol. The molecule has 0 atom stereocenters. The molecule has 1 aromatic carbocycles. The number of hydrogen-bond donors (Lipinski definition) is 1. The smallest absolute Gasteiger partial charge is 0.157 e. The quantitative estimate of drug-likeness (QED) is 0.908. The number of nitriles is 2. The summed E-state index contributed by atoms with van der Waals surface area (Å²) in [5.74, 6) is -0.719. The molecule has 2 rings (SSSR count). The second-order valence-electron chi connectivity index (χ2n) is 5.32. The lowest BCUT2D eigenvalue weighted by atomic mass is 9.91. The van der Waals surface area contributed by atoms with Crippen molar-refractivity contribution in [3.63, 3.8) is 0 Å². The summed E-state index contributed by atoms with van der Waals surface area (Å²) in [6.07, 6.45) is 6.40. The van der Waals surface area contributed by atoms with Crippen LogP contribution in [0.3, 0.4) is 0 Å². The highest BCUT2D eigenvalue weighted by Gasteiger charge is 2.17. The van der Waals surface area contributed by atoms with Crippen LogP contribution >= 0.6 is 0 Å². The molecule has 0 bridgehead atoms. The Bertz CT molecular complexity index is 703. The zero-order chi connectivity index (χ0) is 16.7. The highest BCUT2D eigenvalue weighted by Crippen LogP contribution is 2.29. The molecular weight excluding hydrogens is 286 g/mol. The number of rotatable bonds is 5. The molecule has 0 amide bonds. The van der Waals surface area contributed by atoms with E-state index in [1.165, 1.54) is 0 Å².